The molecule has 4 aromatic heterocycles. The number of fused-ring (bicyclic) bond motifs is 2. The quantitative estimate of drug-likeness (QED) is 0.253. The van der Waals surface area contributed by atoms with Crippen LogP contribution in [0.2, 0.25) is 0 Å². The Labute approximate surface area is 218 Å². The third-order valence-corrected chi connectivity index (χ3v) is 7.42. The standard InChI is InChI=1S/C31H26FN5O/c32-22-9-6-19(7-10-22)27-17-34-18-30-25(27)14-29(35-30)31-26-13-20(8-11-28(26)36-37-31)21-12-24(16-33-15-21)38-23-4-2-1-3-5-23/h6-18,23,35H,1-5H2,(H,36,37). The zero-order chi connectivity index (χ0) is 25.5. The molecule has 0 atom stereocenters. The Morgan fingerprint density at radius 2 is 1.55 bits per heavy atom. The van der Waals surface area contributed by atoms with Gasteiger partial charge in [0.15, 0.2) is 0 Å². The molecule has 4 heterocycles. The molecular formula is C31H26FN5O. The lowest BCUT2D eigenvalue weighted by Crippen LogP contribution is -2.19. The van der Waals surface area contributed by atoms with Crippen LogP contribution in [0.4, 0.5) is 4.39 Å². The summed E-state index contributed by atoms with van der Waals surface area (Å²) in [6.07, 6.45) is 13.5. The summed E-state index contributed by atoms with van der Waals surface area (Å²) in [6.45, 7) is 0. The molecule has 6 nitrogen and oxygen atoms in total. The monoisotopic (exact) mass is 503 g/mol. The van der Waals surface area contributed by atoms with Crippen molar-refractivity contribution in [2.75, 3.05) is 0 Å². The average molecular weight is 504 g/mol. The van der Waals surface area contributed by atoms with E-state index in [2.05, 4.69) is 49.4 Å². The number of halogens is 1. The molecule has 1 saturated carbocycles. The number of hydrogen-bond acceptors (Lipinski definition) is 4. The maximum absolute atomic E-state index is 13.5. The summed E-state index contributed by atoms with van der Waals surface area (Å²) in [4.78, 5) is 12.3. The summed E-state index contributed by atoms with van der Waals surface area (Å²) in [5, 5.41) is 9.81. The number of aromatic amines is 2. The molecular weight excluding hydrogens is 477 g/mol. The highest BCUT2D eigenvalue weighted by Gasteiger charge is 2.17. The van der Waals surface area contributed by atoms with Gasteiger partial charge in [0.2, 0.25) is 0 Å². The maximum Gasteiger partial charge on any atom is 0.138 e. The first-order chi connectivity index (χ1) is 18.7. The number of nitrogens with zero attached hydrogens (tertiary/aromatic N) is 3. The van der Waals surface area contributed by atoms with Crippen LogP contribution in [0.1, 0.15) is 32.1 Å². The van der Waals surface area contributed by atoms with E-state index in [1.54, 1.807) is 24.5 Å². The molecule has 1 aliphatic carbocycles. The fourth-order valence-electron chi connectivity index (χ4n) is 5.45. The van der Waals surface area contributed by atoms with Gasteiger partial charge in [-0.2, -0.15) is 5.10 Å². The Hall–Kier alpha value is -4.52. The largest absolute Gasteiger partial charge is 0.489 e. The van der Waals surface area contributed by atoms with Crippen molar-refractivity contribution in [1.82, 2.24) is 25.1 Å². The van der Waals surface area contributed by atoms with Crippen molar-refractivity contribution in [2.24, 2.45) is 0 Å². The van der Waals surface area contributed by atoms with E-state index in [1.807, 2.05) is 18.5 Å². The first-order valence-corrected chi connectivity index (χ1v) is 13.0. The van der Waals surface area contributed by atoms with Crippen LogP contribution in [0.15, 0.2) is 79.4 Å². The van der Waals surface area contributed by atoms with Crippen LogP contribution in [-0.4, -0.2) is 31.3 Å². The predicted molar refractivity (Wildman–Crippen MR) is 147 cm³/mol. The van der Waals surface area contributed by atoms with Gasteiger partial charge in [-0.3, -0.25) is 15.1 Å². The second-order valence-electron chi connectivity index (χ2n) is 9.96. The molecule has 38 heavy (non-hydrogen) atoms. The highest BCUT2D eigenvalue weighted by atomic mass is 19.1. The first kappa shape index (κ1) is 22.7. The van der Waals surface area contributed by atoms with Crippen molar-refractivity contribution in [3.63, 3.8) is 0 Å². The Kier molecular flexibility index (Phi) is 5.61. The summed E-state index contributed by atoms with van der Waals surface area (Å²) in [6, 6.07) is 16.9. The van der Waals surface area contributed by atoms with Gasteiger partial charge in [0.25, 0.3) is 0 Å². The molecule has 1 fully saturated rings. The van der Waals surface area contributed by atoms with Crippen LogP contribution in [-0.2, 0) is 0 Å². The van der Waals surface area contributed by atoms with Gasteiger partial charge in [0.1, 0.15) is 17.3 Å². The van der Waals surface area contributed by atoms with Crippen molar-refractivity contribution in [1.29, 1.82) is 0 Å². The van der Waals surface area contributed by atoms with Gasteiger partial charge < -0.3 is 9.72 Å². The van der Waals surface area contributed by atoms with Gasteiger partial charge in [-0.25, -0.2) is 4.39 Å². The number of hydrogen-bond donors (Lipinski definition) is 2. The maximum atomic E-state index is 13.5. The normalized spacial score (nSPS) is 14.3. The number of ether oxygens (including phenoxy) is 1. The van der Waals surface area contributed by atoms with E-state index in [-0.39, 0.29) is 11.9 Å². The lowest BCUT2D eigenvalue weighted by Gasteiger charge is -2.23. The van der Waals surface area contributed by atoms with Crippen LogP contribution >= 0.6 is 0 Å². The van der Waals surface area contributed by atoms with Gasteiger partial charge in [-0.15, -0.1) is 0 Å². The number of aromatic nitrogens is 5. The third-order valence-electron chi connectivity index (χ3n) is 7.42. The second-order valence-corrected chi connectivity index (χ2v) is 9.96. The van der Waals surface area contributed by atoms with Crippen molar-refractivity contribution < 1.29 is 9.13 Å². The Bertz CT molecular complexity index is 1750. The van der Waals surface area contributed by atoms with Gasteiger partial charge >= 0.3 is 0 Å². The van der Waals surface area contributed by atoms with E-state index in [0.29, 0.717) is 0 Å². The smallest absolute Gasteiger partial charge is 0.138 e. The molecule has 0 saturated heterocycles. The predicted octanol–water partition coefficient (Wildman–Crippen LogP) is 7.69. The minimum absolute atomic E-state index is 0.260. The van der Waals surface area contributed by atoms with Crippen LogP contribution in [0.25, 0.3) is 55.4 Å². The zero-order valence-corrected chi connectivity index (χ0v) is 20.7. The van der Waals surface area contributed by atoms with Crippen molar-refractivity contribution in [3.05, 3.63) is 85.2 Å². The van der Waals surface area contributed by atoms with E-state index in [9.17, 15) is 4.39 Å². The first-order valence-electron chi connectivity index (χ1n) is 13.0. The molecule has 0 bridgehead atoms. The topological polar surface area (TPSA) is 79.5 Å². The zero-order valence-electron chi connectivity index (χ0n) is 20.7. The minimum Gasteiger partial charge on any atom is -0.489 e. The Balaban J connectivity index is 1.25. The number of rotatable bonds is 5. The Morgan fingerprint density at radius 1 is 0.737 bits per heavy atom. The lowest BCUT2D eigenvalue weighted by atomic mass is 9.98. The summed E-state index contributed by atoms with van der Waals surface area (Å²) in [7, 11) is 0. The molecule has 7 rings (SSSR count). The molecule has 0 radical (unpaired) electrons. The highest BCUT2D eigenvalue weighted by Crippen LogP contribution is 2.35. The van der Waals surface area contributed by atoms with Gasteiger partial charge in [-0.05, 0) is 73.2 Å². The lowest BCUT2D eigenvalue weighted by molar-refractivity contribution is 0.154. The average Bonchev–Trinajstić information content (AvgIpc) is 3.58. The summed E-state index contributed by atoms with van der Waals surface area (Å²) >= 11 is 0. The highest BCUT2D eigenvalue weighted by molar-refractivity contribution is 6.01. The molecule has 2 N–H and O–H groups in total. The molecule has 7 heteroatoms. The van der Waals surface area contributed by atoms with Crippen molar-refractivity contribution >= 4 is 21.8 Å². The van der Waals surface area contributed by atoms with Crippen LogP contribution < -0.4 is 4.74 Å². The SMILES string of the molecule is Fc1ccc(-c2cncc3[nH]c(-c4n[nH]c5ccc(-c6cncc(OC7CCCCC7)c6)cc45)cc23)cc1. The van der Waals surface area contributed by atoms with Crippen LogP contribution in [0.5, 0.6) is 5.75 Å². The molecule has 0 amide bonds. The minimum atomic E-state index is -0.260. The molecule has 0 spiro atoms. The van der Waals surface area contributed by atoms with Crippen LogP contribution in [0, 0.1) is 5.82 Å². The van der Waals surface area contributed by atoms with E-state index >= 15 is 0 Å². The van der Waals surface area contributed by atoms with E-state index in [4.69, 9.17) is 4.74 Å². The number of nitrogens with one attached hydrogen (secondary N) is 2. The van der Waals surface area contributed by atoms with Crippen LogP contribution in [0.3, 0.4) is 0 Å². The molecule has 1 aliphatic rings. The van der Waals surface area contributed by atoms with Crippen molar-refractivity contribution in [3.8, 4) is 39.4 Å². The van der Waals surface area contributed by atoms with Gasteiger partial charge in [0, 0.05) is 34.3 Å². The molecule has 2 aromatic carbocycles. The summed E-state index contributed by atoms with van der Waals surface area (Å²) < 4.78 is 19.8. The number of pyridine rings is 2. The summed E-state index contributed by atoms with van der Waals surface area (Å²) in [5.74, 6) is 0.557. The molecule has 0 aliphatic heterocycles. The van der Waals surface area contributed by atoms with E-state index in [0.717, 1.165) is 74.0 Å². The van der Waals surface area contributed by atoms with Gasteiger partial charge in [-0.1, -0.05) is 24.6 Å². The fraction of sp³-hybridized carbons (Fsp3) is 0.194. The number of H-pyrrole nitrogens is 2. The van der Waals surface area contributed by atoms with Gasteiger partial charge in [0.05, 0.1) is 35.2 Å². The molecule has 188 valence electrons. The fourth-order valence-corrected chi connectivity index (χ4v) is 5.45. The molecule has 0 unspecified atom stereocenters. The summed E-state index contributed by atoms with van der Waals surface area (Å²) in [5.41, 5.74) is 7.45. The Morgan fingerprint density at radius 3 is 2.42 bits per heavy atom. The number of benzene rings is 2. The van der Waals surface area contributed by atoms with E-state index < -0.39 is 0 Å². The third kappa shape index (κ3) is 4.20. The molecule has 6 aromatic rings. The van der Waals surface area contributed by atoms with Crippen molar-refractivity contribution in [2.45, 2.75) is 38.2 Å². The second kappa shape index (κ2) is 9.41. The van der Waals surface area contributed by atoms with E-state index in [1.165, 1.54) is 31.4 Å².